The van der Waals surface area contributed by atoms with Crippen LogP contribution in [0.4, 0.5) is 5.69 Å². The highest BCUT2D eigenvalue weighted by atomic mass is 32.2. The normalized spacial score (nSPS) is 10.7. The minimum Gasteiger partial charge on any atom is -0.346 e. The van der Waals surface area contributed by atoms with E-state index in [9.17, 15) is 9.59 Å². The lowest BCUT2D eigenvalue weighted by atomic mass is 10.1. The Morgan fingerprint density at radius 1 is 0.929 bits per heavy atom. The molecule has 2 aromatic carbocycles. The Kier molecular flexibility index (Phi) is 6.26. The molecule has 0 aliphatic carbocycles. The second kappa shape index (κ2) is 8.84. The van der Waals surface area contributed by atoms with Gasteiger partial charge in [-0.1, -0.05) is 48.2 Å². The van der Waals surface area contributed by atoms with E-state index in [1.165, 1.54) is 11.8 Å². The summed E-state index contributed by atoms with van der Waals surface area (Å²) < 4.78 is 0. The first kappa shape index (κ1) is 19.8. The summed E-state index contributed by atoms with van der Waals surface area (Å²) in [5, 5.41) is 7.20. The van der Waals surface area contributed by atoms with Crippen molar-refractivity contribution in [2.24, 2.45) is 0 Å². The lowest BCUT2D eigenvalue weighted by Crippen LogP contribution is -2.34. The molecule has 2 N–H and O–H groups in total. The first-order chi connectivity index (χ1) is 13.4. The molecule has 0 unspecified atom stereocenters. The average Bonchev–Trinajstić information content (AvgIpc) is 2.67. The Labute approximate surface area is 168 Å². The zero-order valence-electron chi connectivity index (χ0n) is 16.1. The maximum atomic E-state index is 12.2. The molecule has 0 fully saturated rings. The first-order valence-electron chi connectivity index (χ1n) is 8.93. The van der Waals surface area contributed by atoms with E-state index < -0.39 is 0 Å². The van der Waals surface area contributed by atoms with Crippen LogP contribution >= 0.6 is 11.8 Å². The van der Waals surface area contributed by atoms with Gasteiger partial charge in [0, 0.05) is 11.1 Å². The molecule has 1 heterocycles. The van der Waals surface area contributed by atoms with Gasteiger partial charge in [-0.3, -0.25) is 9.59 Å². The standard InChI is InChI=1S/C21H22N4O2S/c1-13-7-6-8-14(2)20(13)25-18(26)11-22-19(27)12-28-21-16-9-4-5-10-17(16)23-15(3)24-21/h4-10H,11-12H2,1-3H3,(H,22,27)(H,25,26). The fourth-order valence-electron chi connectivity index (χ4n) is 2.83. The third-order valence-corrected chi connectivity index (χ3v) is 5.20. The summed E-state index contributed by atoms with van der Waals surface area (Å²) in [6, 6.07) is 13.5. The van der Waals surface area contributed by atoms with Crippen molar-refractivity contribution >= 4 is 40.2 Å². The number of fused-ring (bicyclic) bond motifs is 1. The van der Waals surface area contributed by atoms with E-state index >= 15 is 0 Å². The van der Waals surface area contributed by atoms with Crippen molar-refractivity contribution in [3.63, 3.8) is 0 Å². The van der Waals surface area contributed by atoms with Gasteiger partial charge in [-0.2, -0.15) is 0 Å². The number of aryl methyl sites for hydroxylation is 3. The van der Waals surface area contributed by atoms with Gasteiger partial charge in [-0.25, -0.2) is 9.97 Å². The number of benzene rings is 2. The van der Waals surface area contributed by atoms with Gasteiger partial charge in [0.05, 0.1) is 17.8 Å². The van der Waals surface area contributed by atoms with Gasteiger partial charge in [0.1, 0.15) is 10.9 Å². The second-order valence-corrected chi connectivity index (χ2v) is 7.44. The van der Waals surface area contributed by atoms with Gasteiger partial charge in [-0.15, -0.1) is 0 Å². The predicted molar refractivity (Wildman–Crippen MR) is 113 cm³/mol. The molecule has 0 radical (unpaired) electrons. The minimum atomic E-state index is -0.251. The van der Waals surface area contributed by atoms with Crippen LogP contribution in [0, 0.1) is 20.8 Å². The summed E-state index contributed by atoms with van der Waals surface area (Å²) in [5.74, 6) is 0.368. The van der Waals surface area contributed by atoms with Crippen molar-refractivity contribution in [1.82, 2.24) is 15.3 Å². The van der Waals surface area contributed by atoms with E-state index in [-0.39, 0.29) is 24.1 Å². The molecular weight excluding hydrogens is 372 g/mol. The highest BCUT2D eigenvalue weighted by Crippen LogP contribution is 2.25. The fourth-order valence-corrected chi connectivity index (χ4v) is 3.72. The van der Waals surface area contributed by atoms with Gasteiger partial charge in [0.25, 0.3) is 0 Å². The fraction of sp³-hybridized carbons (Fsp3) is 0.238. The van der Waals surface area contributed by atoms with Crippen LogP contribution in [-0.2, 0) is 9.59 Å². The third-order valence-electron chi connectivity index (χ3n) is 4.21. The van der Waals surface area contributed by atoms with Crippen molar-refractivity contribution in [2.45, 2.75) is 25.8 Å². The molecule has 0 atom stereocenters. The first-order valence-corrected chi connectivity index (χ1v) is 9.91. The number of para-hydroxylation sites is 2. The van der Waals surface area contributed by atoms with Crippen LogP contribution in [-0.4, -0.2) is 34.1 Å². The second-order valence-electron chi connectivity index (χ2n) is 6.47. The summed E-state index contributed by atoms with van der Waals surface area (Å²) in [4.78, 5) is 33.2. The van der Waals surface area contributed by atoms with Gasteiger partial charge < -0.3 is 10.6 Å². The molecule has 144 valence electrons. The van der Waals surface area contributed by atoms with Crippen LogP contribution in [0.1, 0.15) is 17.0 Å². The molecule has 0 aliphatic heterocycles. The molecule has 0 saturated carbocycles. The average molecular weight is 395 g/mol. The maximum Gasteiger partial charge on any atom is 0.243 e. The summed E-state index contributed by atoms with van der Waals surface area (Å²) in [6.07, 6.45) is 0. The third kappa shape index (κ3) is 4.86. The lowest BCUT2D eigenvalue weighted by Gasteiger charge is -2.12. The van der Waals surface area contributed by atoms with Crippen molar-refractivity contribution < 1.29 is 9.59 Å². The van der Waals surface area contributed by atoms with Crippen molar-refractivity contribution in [3.05, 3.63) is 59.4 Å². The van der Waals surface area contributed by atoms with Crippen LogP contribution < -0.4 is 10.6 Å². The number of amides is 2. The molecule has 2 amide bonds. The van der Waals surface area contributed by atoms with E-state index in [0.717, 1.165) is 32.7 Å². The molecule has 0 bridgehead atoms. The number of hydrogen-bond acceptors (Lipinski definition) is 5. The molecule has 0 spiro atoms. The molecule has 28 heavy (non-hydrogen) atoms. The monoisotopic (exact) mass is 394 g/mol. The van der Waals surface area contributed by atoms with E-state index in [1.807, 2.05) is 63.2 Å². The highest BCUT2D eigenvalue weighted by Gasteiger charge is 2.11. The molecule has 1 aromatic heterocycles. The number of anilines is 1. The summed E-state index contributed by atoms with van der Waals surface area (Å²) in [6.45, 7) is 5.63. The van der Waals surface area contributed by atoms with Crippen LogP contribution in [0.25, 0.3) is 10.9 Å². The van der Waals surface area contributed by atoms with E-state index in [2.05, 4.69) is 20.6 Å². The SMILES string of the molecule is Cc1nc(SCC(=O)NCC(=O)Nc2c(C)cccc2C)c2ccccc2n1. The summed E-state index contributed by atoms with van der Waals surface area (Å²) in [5.41, 5.74) is 3.62. The molecule has 0 aliphatic rings. The number of carbonyl (C=O) groups excluding carboxylic acids is 2. The number of hydrogen-bond donors (Lipinski definition) is 2. The van der Waals surface area contributed by atoms with E-state index in [4.69, 9.17) is 0 Å². The topological polar surface area (TPSA) is 84.0 Å². The highest BCUT2D eigenvalue weighted by molar-refractivity contribution is 8.00. The van der Waals surface area contributed by atoms with E-state index in [1.54, 1.807) is 0 Å². The van der Waals surface area contributed by atoms with Crippen LogP contribution in [0.2, 0.25) is 0 Å². The van der Waals surface area contributed by atoms with Gasteiger partial charge in [0.2, 0.25) is 11.8 Å². The predicted octanol–water partition coefficient (Wildman–Crippen LogP) is 3.40. The molecule has 6 nitrogen and oxygen atoms in total. The largest absolute Gasteiger partial charge is 0.346 e. The smallest absolute Gasteiger partial charge is 0.243 e. The number of carbonyl (C=O) groups is 2. The lowest BCUT2D eigenvalue weighted by molar-refractivity contribution is -0.122. The van der Waals surface area contributed by atoms with Crippen molar-refractivity contribution in [3.8, 4) is 0 Å². The van der Waals surface area contributed by atoms with Crippen LogP contribution in [0.15, 0.2) is 47.5 Å². The van der Waals surface area contributed by atoms with Crippen molar-refractivity contribution in [1.29, 1.82) is 0 Å². The molecular formula is C21H22N4O2S. The Hall–Kier alpha value is -2.93. The van der Waals surface area contributed by atoms with Gasteiger partial charge in [0.15, 0.2) is 0 Å². The maximum absolute atomic E-state index is 12.2. The molecule has 3 aromatic rings. The zero-order chi connectivity index (χ0) is 20.1. The number of nitrogens with zero attached hydrogens (tertiary/aromatic N) is 2. The zero-order valence-corrected chi connectivity index (χ0v) is 16.9. The number of aromatic nitrogens is 2. The summed E-state index contributed by atoms with van der Waals surface area (Å²) in [7, 11) is 0. The van der Waals surface area contributed by atoms with Crippen LogP contribution in [0.5, 0.6) is 0 Å². The van der Waals surface area contributed by atoms with Gasteiger partial charge >= 0.3 is 0 Å². The number of rotatable bonds is 6. The van der Waals surface area contributed by atoms with E-state index in [0.29, 0.717) is 5.82 Å². The number of nitrogens with one attached hydrogen (secondary N) is 2. The Morgan fingerprint density at radius 3 is 2.39 bits per heavy atom. The Bertz CT molecular complexity index is 1020. The minimum absolute atomic E-state index is 0.0727. The van der Waals surface area contributed by atoms with Crippen LogP contribution in [0.3, 0.4) is 0 Å². The number of thioether (sulfide) groups is 1. The molecule has 3 rings (SSSR count). The Morgan fingerprint density at radius 2 is 1.64 bits per heavy atom. The molecule has 7 heteroatoms. The Balaban J connectivity index is 1.55. The quantitative estimate of drug-likeness (QED) is 0.494. The van der Waals surface area contributed by atoms with Gasteiger partial charge in [-0.05, 0) is 38.0 Å². The summed E-state index contributed by atoms with van der Waals surface area (Å²) >= 11 is 1.34. The van der Waals surface area contributed by atoms with Crippen molar-refractivity contribution in [2.75, 3.05) is 17.6 Å². The molecule has 0 saturated heterocycles.